The molecule has 1 heterocycles. The molecule has 0 saturated carbocycles. The molecule has 0 aromatic heterocycles. The van der Waals surface area contributed by atoms with Gasteiger partial charge in [0, 0.05) is 12.5 Å². The third kappa shape index (κ3) is 1.81. The summed E-state index contributed by atoms with van der Waals surface area (Å²) in [6.07, 6.45) is 1.33. The maximum atomic E-state index is 5.60. The predicted molar refractivity (Wildman–Crippen MR) is 57.3 cm³/mol. The molecule has 76 valence electrons. The van der Waals surface area contributed by atoms with Gasteiger partial charge in [0.15, 0.2) is 0 Å². The first-order chi connectivity index (χ1) is 6.81. The Balaban J connectivity index is 2.13. The molecule has 2 unspecified atom stereocenters. The minimum absolute atomic E-state index is 0.264. The molecule has 14 heavy (non-hydrogen) atoms. The Morgan fingerprint density at radius 2 is 2.21 bits per heavy atom. The molecule has 2 heteroatoms. The lowest BCUT2D eigenvalue weighted by molar-refractivity contribution is 0.115. The van der Waals surface area contributed by atoms with Crippen LogP contribution in [0.2, 0.25) is 0 Å². The van der Waals surface area contributed by atoms with Crippen molar-refractivity contribution in [3.63, 3.8) is 0 Å². The molecule has 0 amide bonds. The molecule has 1 aromatic carbocycles. The molecule has 0 spiro atoms. The fraction of sp³-hybridized carbons (Fsp3) is 0.500. The van der Waals surface area contributed by atoms with E-state index in [1.165, 1.54) is 11.1 Å². The van der Waals surface area contributed by atoms with Gasteiger partial charge in [0.2, 0.25) is 0 Å². The molecule has 0 bridgehead atoms. The Hall–Kier alpha value is -0.860. The van der Waals surface area contributed by atoms with Crippen LogP contribution in [0.4, 0.5) is 0 Å². The summed E-state index contributed by atoms with van der Waals surface area (Å²) in [6.45, 7) is 3.63. The van der Waals surface area contributed by atoms with E-state index in [1.54, 1.807) is 0 Å². The van der Waals surface area contributed by atoms with Gasteiger partial charge in [-0.1, -0.05) is 24.3 Å². The van der Waals surface area contributed by atoms with Crippen molar-refractivity contribution in [1.29, 1.82) is 0 Å². The Morgan fingerprint density at radius 1 is 1.43 bits per heavy atom. The van der Waals surface area contributed by atoms with E-state index in [2.05, 4.69) is 31.2 Å². The standard InChI is InChI=1S/C12H17NO/c1-9-4-2-3-5-12(9)10-6-11(7-13)14-8-10/h2-5,10-11H,6-8,13H2,1H3. The summed E-state index contributed by atoms with van der Waals surface area (Å²) in [6, 6.07) is 8.53. The van der Waals surface area contributed by atoms with Gasteiger partial charge in [-0.15, -0.1) is 0 Å². The summed E-state index contributed by atoms with van der Waals surface area (Å²) < 4.78 is 5.60. The minimum Gasteiger partial charge on any atom is -0.376 e. The van der Waals surface area contributed by atoms with E-state index in [1.807, 2.05) is 0 Å². The summed E-state index contributed by atoms with van der Waals surface area (Å²) in [7, 11) is 0. The fourth-order valence-electron chi connectivity index (χ4n) is 2.13. The van der Waals surface area contributed by atoms with Gasteiger partial charge in [0.25, 0.3) is 0 Å². The predicted octanol–water partition coefficient (Wildman–Crippen LogP) is 1.83. The van der Waals surface area contributed by atoms with Crippen LogP contribution in [-0.2, 0) is 4.74 Å². The van der Waals surface area contributed by atoms with Crippen LogP contribution in [-0.4, -0.2) is 19.3 Å². The highest BCUT2D eigenvalue weighted by Gasteiger charge is 2.26. The molecule has 2 nitrogen and oxygen atoms in total. The highest BCUT2D eigenvalue weighted by atomic mass is 16.5. The molecular formula is C12H17NO. The van der Waals surface area contributed by atoms with Crippen LogP contribution in [0.15, 0.2) is 24.3 Å². The molecular weight excluding hydrogens is 174 g/mol. The number of rotatable bonds is 2. The second-order valence-corrected chi connectivity index (χ2v) is 3.98. The first-order valence-corrected chi connectivity index (χ1v) is 5.18. The van der Waals surface area contributed by atoms with Crippen LogP contribution in [0.5, 0.6) is 0 Å². The third-order valence-corrected chi connectivity index (χ3v) is 2.97. The van der Waals surface area contributed by atoms with Gasteiger partial charge in [-0.25, -0.2) is 0 Å². The first kappa shape index (κ1) is 9.69. The zero-order valence-corrected chi connectivity index (χ0v) is 8.57. The normalized spacial score (nSPS) is 26.7. The van der Waals surface area contributed by atoms with Gasteiger partial charge in [0.05, 0.1) is 12.7 Å². The monoisotopic (exact) mass is 191 g/mol. The lowest BCUT2D eigenvalue weighted by atomic mass is 9.93. The average molecular weight is 191 g/mol. The number of hydrogen-bond donors (Lipinski definition) is 1. The van der Waals surface area contributed by atoms with E-state index in [4.69, 9.17) is 10.5 Å². The van der Waals surface area contributed by atoms with E-state index in [0.29, 0.717) is 12.5 Å². The van der Waals surface area contributed by atoms with Gasteiger partial charge in [-0.2, -0.15) is 0 Å². The number of nitrogens with two attached hydrogens (primary N) is 1. The molecule has 2 N–H and O–H groups in total. The van der Waals surface area contributed by atoms with Gasteiger partial charge >= 0.3 is 0 Å². The molecule has 2 rings (SSSR count). The quantitative estimate of drug-likeness (QED) is 0.774. The van der Waals surface area contributed by atoms with Crippen molar-refractivity contribution >= 4 is 0 Å². The molecule has 0 radical (unpaired) electrons. The van der Waals surface area contributed by atoms with Crippen molar-refractivity contribution in [3.8, 4) is 0 Å². The number of hydrogen-bond acceptors (Lipinski definition) is 2. The number of aryl methyl sites for hydroxylation is 1. The van der Waals surface area contributed by atoms with Crippen molar-refractivity contribution < 1.29 is 4.74 Å². The number of benzene rings is 1. The Kier molecular flexibility index (Phi) is 2.85. The van der Waals surface area contributed by atoms with Crippen LogP contribution in [0.25, 0.3) is 0 Å². The van der Waals surface area contributed by atoms with Crippen LogP contribution >= 0.6 is 0 Å². The second-order valence-electron chi connectivity index (χ2n) is 3.98. The summed E-state index contributed by atoms with van der Waals surface area (Å²) in [5.74, 6) is 0.546. The molecule has 1 aliphatic rings. The van der Waals surface area contributed by atoms with Gasteiger partial charge in [0.1, 0.15) is 0 Å². The lowest BCUT2D eigenvalue weighted by Crippen LogP contribution is -2.18. The van der Waals surface area contributed by atoms with Crippen molar-refractivity contribution in [2.24, 2.45) is 5.73 Å². The second kappa shape index (κ2) is 4.11. The minimum atomic E-state index is 0.264. The van der Waals surface area contributed by atoms with Crippen LogP contribution in [0.1, 0.15) is 23.5 Å². The Morgan fingerprint density at radius 3 is 2.86 bits per heavy atom. The largest absolute Gasteiger partial charge is 0.376 e. The first-order valence-electron chi connectivity index (χ1n) is 5.18. The van der Waals surface area contributed by atoms with Crippen LogP contribution in [0.3, 0.4) is 0 Å². The van der Waals surface area contributed by atoms with E-state index in [9.17, 15) is 0 Å². The maximum absolute atomic E-state index is 5.60. The molecule has 0 aliphatic carbocycles. The molecule has 1 aromatic rings. The van der Waals surface area contributed by atoms with E-state index in [0.717, 1.165) is 13.0 Å². The summed E-state index contributed by atoms with van der Waals surface area (Å²) >= 11 is 0. The fourth-order valence-corrected chi connectivity index (χ4v) is 2.13. The average Bonchev–Trinajstić information content (AvgIpc) is 2.67. The topological polar surface area (TPSA) is 35.2 Å². The smallest absolute Gasteiger partial charge is 0.0704 e. The molecule has 1 saturated heterocycles. The Bertz CT molecular complexity index is 311. The highest BCUT2D eigenvalue weighted by Crippen LogP contribution is 2.30. The lowest BCUT2D eigenvalue weighted by Gasteiger charge is -2.11. The zero-order valence-electron chi connectivity index (χ0n) is 8.57. The Labute approximate surface area is 85.1 Å². The van der Waals surface area contributed by atoms with Gasteiger partial charge in [-0.05, 0) is 24.5 Å². The summed E-state index contributed by atoms with van der Waals surface area (Å²) in [4.78, 5) is 0. The number of ether oxygens (including phenoxy) is 1. The van der Waals surface area contributed by atoms with Crippen molar-refractivity contribution in [1.82, 2.24) is 0 Å². The third-order valence-electron chi connectivity index (χ3n) is 2.97. The summed E-state index contributed by atoms with van der Waals surface area (Å²) in [5, 5.41) is 0. The van der Waals surface area contributed by atoms with Crippen LogP contribution < -0.4 is 5.73 Å². The van der Waals surface area contributed by atoms with E-state index in [-0.39, 0.29) is 6.10 Å². The van der Waals surface area contributed by atoms with Crippen LogP contribution in [0, 0.1) is 6.92 Å². The highest BCUT2D eigenvalue weighted by molar-refractivity contribution is 5.29. The van der Waals surface area contributed by atoms with Crippen molar-refractivity contribution in [2.75, 3.05) is 13.2 Å². The SMILES string of the molecule is Cc1ccccc1C1COC(CN)C1. The van der Waals surface area contributed by atoms with Gasteiger partial charge in [-0.3, -0.25) is 0 Å². The molecule has 1 aliphatic heterocycles. The maximum Gasteiger partial charge on any atom is 0.0704 e. The summed E-state index contributed by atoms with van der Waals surface area (Å²) in [5.41, 5.74) is 8.37. The zero-order chi connectivity index (χ0) is 9.97. The van der Waals surface area contributed by atoms with E-state index < -0.39 is 0 Å². The van der Waals surface area contributed by atoms with Crippen molar-refractivity contribution in [3.05, 3.63) is 35.4 Å². The van der Waals surface area contributed by atoms with Gasteiger partial charge < -0.3 is 10.5 Å². The van der Waals surface area contributed by atoms with E-state index >= 15 is 0 Å². The molecule has 2 atom stereocenters. The molecule has 1 fully saturated rings. The van der Waals surface area contributed by atoms with Crippen molar-refractivity contribution in [2.45, 2.75) is 25.4 Å².